The fourth-order valence-electron chi connectivity index (χ4n) is 2.05. The Balaban J connectivity index is 2.21. The first-order valence-corrected chi connectivity index (χ1v) is 6.67. The topological polar surface area (TPSA) is 42.4 Å². The second kappa shape index (κ2) is 4.74. The van der Waals surface area contributed by atoms with Crippen molar-refractivity contribution in [3.8, 4) is 0 Å². The summed E-state index contributed by atoms with van der Waals surface area (Å²) in [6.07, 6.45) is 0.115. The van der Waals surface area contributed by atoms with Crippen LogP contribution in [0.5, 0.6) is 0 Å². The fraction of sp³-hybridized carbons (Fsp3) is 0.667. The van der Waals surface area contributed by atoms with Gasteiger partial charge >= 0.3 is 0 Å². The van der Waals surface area contributed by atoms with Crippen molar-refractivity contribution in [3.05, 3.63) is 15.6 Å². The van der Waals surface area contributed by atoms with Gasteiger partial charge in [0.15, 0.2) is 0 Å². The minimum atomic E-state index is 0.0933. The van der Waals surface area contributed by atoms with Gasteiger partial charge in [-0.2, -0.15) is 0 Å². The van der Waals surface area contributed by atoms with Crippen molar-refractivity contribution < 1.29 is 9.53 Å². The monoisotopic (exact) mass is 254 g/mol. The van der Waals surface area contributed by atoms with E-state index in [-0.39, 0.29) is 18.1 Å². The number of hydrogen-bond donors (Lipinski definition) is 0. The summed E-state index contributed by atoms with van der Waals surface area (Å²) in [5, 5.41) is 0.944. The number of ether oxygens (including phenoxy) is 1. The Labute approximate surface area is 106 Å². The number of aryl methyl sites for hydroxylation is 2. The van der Waals surface area contributed by atoms with Crippen LogP contribution in [0.2, 0.25) is 0 Å². The van der Waals surface area contributed by atoms with E-state index in [9.17, 15) is 4.79 Å². The van der Waals surface area contributed by atoms with Crippen molar-refractivity contribution in [1.29, 1.82) is 0 Å². The molecular formula is C12H18N2O2S. The Morgan fingerprint density at radius 2 is 2.18 bits per heavy atom. The van der Waals surface area contributed by atoms with E-state index < -0.39 is 0 Å². The van der Waals surface area contributed by atoms with Crippen LogP contribution in [-0.4, -0.2) is 41.1 Å². The molecule has 0 aromatic carbocycles. The molecular weight excluding hydrogens is 236 g/mol. The van der Waals surface area contributed by atoms with E-state index in [1.54, 1.807) is 0 Å². The van der Waals surface area contributed by atoms with Crippen molar-refractivity contribution in [1.82, 2.24) is 9.88 Å². The summed E-state index contributed by atoms with van der Waals surface area (Å²) in [4.78, 5) is 19.4. The highest BCUT2D eigenvalue weighted by Gasteiger charge is 2.30. The summed E-state index contributed by atoms with van der Waals surface area (Å²) < 4.78 is 5.54. The maximum absolute atomic E-state index is 12.4. The molecule has 2 rings (SSSR count). The average Bonchev–Trinajstić information content (AvgIpc) is 2.60. The third-order valence-electron chi connectivity index (χ3n) is 2.97. The Bertz CT molecular complexity index is 430. The van der Waals surface area contributed by atoms with Gasteiger partial charge in [0.05, 0.1) is 29.5 Å². The van der Waals surface area contributed by atoms with Crippen LogP contribution in [0.25, 0.3) is 0 Å². The number of carbonyl (C=O) groups excluding carboxylic acids is 1. The van der Waals surface area contributed by atoms with Gasteiger partial charge in [0.1, 0.15) is 4.88 Å². The summed E-state index contributed by atoms with van der Waals surface area (Å²) in [7, 11) is 0. The van der Waals surface area contributed by atoms with Gasteiger partial charge in [-0.1, -0.05) is 0 Å². The van der Waals surface area contributed by atoms with Crippen molar-refractivity contribution >= 4 is 17.2 Å². The van der Waals surface area contributed by atoms with E-state index >= 15 is 0 Å². The average molecular weight is 254 g/mol. The standard InChI is InChI=1S/C12H18N2O2S/c1-7-6-16-8(2)5-14(7)12(15)11-9(3)13-10(4)17-11/h7-8H,5-6H2,1-4H3. The largest absolute Gasteiger partial charge is 0.375 e. The molecule has 0 saturated carbocycles. The van der Waals surface area contributed by atoms with Gasteiger partial charge in [0.2, 0.25) is 0 Å². The molecule has 1 amide bonds. The molecule has 2 heterocycles. The predicted octanol–water partition coefficient (Wildman–Crippen LogP) is 2.01. The summed E-state index contributed by atoms with van der Waals surface area (Å²) in [5.74, 6) is 0.0933. The number of morpholine rings is 1. The highest BCUT2D eigenvalue weighted by atomic mass is 32.1. The minimum absolute atomic E-state index is 0.0933. The first-order valence-electron chi connectivity index (χ1n) is 5.85. The van der Waals surface area contributed by atoms with Crippen LogP contribution in [0, 0.1) is 13.8 Å². The Morgan fingerprint density at radius 1 is 1.47 bits per heavy atom. The third-order valence-corrected chi connectivity index (χ3v) is 4.03. The van der Waals surface area contributed by atoms with Gasteiger partial charge in [-0.15, -0.1) is 11.3 Å². The number of hydrogen-bond acceptors (Lipinski definition) is 4. The van der Waals surface area contributed by atoms with Crippen molar-refractivity contribution in [2.45, 2.75) is 39.8 Å². The van der Waals surface area contributed by atoms with Crippen molar-refractivity contribution in [2.75, 3.05) is 13.2 Å². The first kappa shape index (κ1) is 12.5. The van der Waals surface area contributed by atoms with E-state index in [1.165, 1.54) is 11.3 Å². The number of aromatic nitrogens is 1. The Hall–Kier alpha value is -0.940. The van der Waals surface area contributed by atoms with Crippen LogP contribution in [0.1, 0.15) is 34.2 Å². The molecule has 1 saturated heterocycles. The zero-order valence-electron chi connectivity index (χ0n) is 10.7. The van der Waals surface area contributed by atoms with Crippen LogP contribution >= 0.6 is 11.3 Å². The Kier molecular flexibility index (Phi) is 3.49. The van der Waals surface area contributed by atoms with E-state index in [0.717, 1.165) is 15.6 Å². The van der Waals surface area contributed by atoms with Gasteiger partial charge in [0, 0.05) is 6.54 Å². The summed E-state index contributed by atoms with van der Waals surface area (Å²) in [6, 6.07) is 0.139. The molecule has 4 nitrogen and oxygen atoms in total. The van der Waals surface area contributed by atoms with E-state index in [2.05, 4.69) is 4.98 Å². The fourth-order valence-corrected chi connectivity index (χ4v) is 2.92. The maximum atomic E-state index is 12.4. The molecule has 94 valence electrons. The Morgan fingerprint density at radius 3 is 2.76 bits per heavy atom. The van der Waals surface area contributed by atoms with Gasteiger partial charge in [-0.3, -0.25) is 4.79 Å². The third kappa shape index (κ3) is 2.50. The molecule has 0 spiro atoms. The molecule has 2 unspecified atom stereocenters. The van der Waals surface area contributed by atoms with Crippen molar-refractivity contribution in [3.63, 3.8) is 0 Å². The molecule has 0 bridgehead atoms. The summed E-state index contributed by atoms with van der Waals surface area (Å²) >= 11 is 1.48. The van der Waals surface area contributed by atoms with Gasteiger partial charge < -0.3 is 9.64 Å². The van der Waals surface area contributed by atoms with Gasteiger partial charge in [-0.25, -0.2) is 4.98 Å². The molecule has 2 atom stereocenters. The van der Waals surface area contributed by atoms with Gasteiger partial charge in [-0.05, 0) is 27.7 Å². The molecule has 1 aromatic heterocycles. The highest BCUT2D eigenvalue weighted by molar-refractivity contribution is 7.13. The number of rotatable bonds is 1. The smallest absolute Gasteiger partial charge is 0.266 e. The molecule has 1 aliphatic rings. The molecule has 17 heavy (non-hydrogen) atoms. The second-order valence-corrected chi connectivity index (χ2v) is 5.80. The molecule has 5 heteroatoms. The summed E-state index contributed by atoms with van der Waals surface area (Å²) in [6.45, 7) is 9.12. The van der Waals surface area contributed by atoms with Crippen LogP contribution in [0.15, 0.2) is 0 Å². The lowest BCUT2D eigenvalue weighted by molar-refractivity contribution is -0.0385. The van der Waals surface area contributed by atoms with Gasteiger partial charge in [0.25, 0.3) is 5.91 Å². The number of nitrogens with zero attached hydrogens (tertiary/aromatic N) is 2. The predicted molar refractivity (Wildman–Crippen MR) is 67.5 cm³/mol. The van der Waals surface area contributed by atoms with E-state index in [4.69, 9.17) is 4.74 Å². The maximum Gasteiger partial charge on any atom is 0.266 e. The molecule has 1 aromatic rings. The lowest BCUT2D eigenvalue weighted by atomic mass is 10.2. The highest BCUT2D eigenvalue weighted by Crippen LogP contribution is 2.22. The second-order valence-electron chi connectivity index (χ2n) is 4.60. The first-order chi connectivity index (χ1) is 7.99. The van der Waals surface area contributed by atoms with E-state index in [0.29, 0.717) is 13.2 Å². The van der Waals surface area contributed by atoms with E-state index in [1.807, 2.05) is 32.6 Å². The number of amides is 1. The van der Waals surface area contributed by atoms with Crippen molar-refractivity contribution in [2.24, 2.45) is 0 Å². The van der Waals surface area contributed by atoms with Crippen LogP contribution < -0.4 is 0 Å². The normalized spacial score (nSPS) is 25.1. The van der Waals surface area contributed by atoms with Crippen LogP contribution in [-0.2, 0) is 4.74 Å². The van der Waals surface area contributed by atoms with Crippen LogP contribution in [0.4, 0.5) is 0 Å². The molecule has 1 fully saturated rings. The number of carbonyl (C=O) groups is 1. The quantitative estimate of drug-likeness (QED) is 0.770. The summed E-state index contributed by atoms with van der Waals surface area (Å²) in [5.41, 5.74) is 0.837. The zero-order chi connectivity index (χ0) is 12.6. The number of thiazole rings is 1. The molecule has 0 N–H and O–H groups in total. The molecule has 1 aliphatic heterocycles. The lowest BCUT2D eigenvalue weighted by Gasteiger charge is -2.36. The van der Waals surface area contributed by atoms with Crippen LogP contribution in [0.3, 0.4) is 0 Å². The molecule has 0 aliphatic carbocycles. The molecule has 0 radical (unpaired) electrons. The minimum Gasteiger partial charge on any atom is -0.375 e. The zero-order valence-corrected chi connectivity index (χ0v) is 11.5. The lowest BCUT2D eigenvalue weighted by Crippen LogP contribution is -2.50. The SMILES string of the molecule is Cc1nc(C)c(C(=O)N2CC(C)OCC2C)s1.